The first-order valence-corrected chi connectivity index (χ1v) is 16.3. The summed E-state index contributed by atoms with van der Waals surface area (Å²) in [6.45, 7) is -0.697. The molecule has 286 valence electrons. The standard InChI is InChI=1S/C33H40O19/c1-10-5-12-18(13(36)6-10)24(41)19-11(20(12)37)3-2-4-14(19)48-32-27(44)26(43)22(39)17(51-32)9-47-31-29(46)30(23(40)16(8-35)49-31)52-33-28(45)25(42)21(38)15(7-34)50-33/h2-6,15-17,21-23,25-36,38-40,42-46H,7-9H2,1H3/t15-,16-,17-,21-,22-,23-,25+,26+,27-,28-,29-,30+,31-,32-,33+/m1/s1. The highest BCUT2D eigenvalue weighted by Gasteiger charge is 2.52. The van der Waals surface area contributed by atoms with E-state index in [2.05, 4.69) is 0 Å². The Labute approximate surface area is 294 Å². The number of ether oxygens (including phenoxy) is 6. The van der Waals surface area contributed by atoms with Crippen LogP contribution in [0.4, 0.5) is 0 Å². The number of phenolic OH excluding ortho intramolecular Hbond substituents is 1. The minimum Gasteiger partial charge on any atom is -0.507 e. The van der Waals surface area contributed by atoms with Crippen molar-refractivity contribution in [2.75, 3.05) is 19.8 Å². The number of rotatable bonds is 9. The Hall–Kier alpha value is -3.22. The number of benzene rings is 2. The Balaban J connectivity index is 1.17. The van der Waals surface area contributed by atoms with Gasteiger partial charge in [0, 0.05) is 11.1 Å². The molecule has 52 heavy (non-hydrogen) atoms. The van der Waals surface area contributed by atoms with E-state index in [1.165, 1.54) is 30.3 Å². The van der Waals surface area contributed by atoms with Gasteiger partial charge >= 0.3 is 0 Å². The number of hydrogen-bond acceptors (Lipinski definition) is 19. The van der Waals surface area contributed by atoms with Crippen molar-refractivity contribution in [2.24, 2.45) is 0 Å². The number of aryl methyl sites for hydroxylation is 1. The summed E-state index contributed by atoms with van der Waals surface area (Å²) in [6.07, 6.45) is -26.3. The van der Waals surface area contributed by atoms with Crippen LogP contribution in [-0.4, -0.2) is 180 Å². The molecule has 3 heterocycles. The Kier molecular flexibility index (Phi) is 11.3. The smallest absolute Gasteiger partial charge is 0.229 e. The van der Waals surface area contributed by atoms with Gasteiger partial charge in [-0.15, -0.1) is 0 Å². The normalized spacial score (nSPS) is 39.2. The van der Waals surface area contributed by atoms with Crippen LogP contribution in [0, 0.1) is 6.92 Å². The van der Waals surface area contributed by atoms with Crippen LogP contribution in [0.3, 0.4) is 0 Å². The van der Waals surface area contributed by atoms with Crippen LogP contribution in [0.25, 0.3) is 0 Å². The molecule has 6 rings (SSSR count). The summed E-state index contributed by atoms with van der Waals surface area (Å²) in [6, 6.07) is 6.84. The van der Waals surface area contributed by atoms with Gasteiger partial charge in [-0.2, -0.15) is 0 Å². The highest BCUT2D eigenvalue weighted by atomic mass is 16.7. The zero-order chi connectivity index (χ0) is 37.8. The fourth-order valence-corrected chi connectivity index (χ4v) is 6.66. The zero-order valence-electron chi connectivity index (χ0n) is 27.4. The summed E-state index contributed by atoms with van der Waals surface area (Å²) in [7, 11) is 0. The van der Waals surface area contributed by atoms with Crippen molar-refractivity contribution >= 4 is 11.6 Å². The molecule has 2 aromatic rings. The van der Waals surface area contributed by atoms with E-state index in [1.54, 1.807) is 6.92 Å². The van der Waals surface area contributed by atoms with Gasteiger partial charge in [-0.1, -0.05) is 12.1 Å². The fourth-order valence-electron chi connectivity index (χ4n) is 6.66. The van der Waals surface area contributed by atoms with Gasteiger partial charge in [-0.3, -0.25) is 9.59 Å². The van der Waals surface area contributed by atoms with Crippen molar-refractivity contribution in [3.63, 3.8) is 0 Å². The van der Waals surface area contributed by atoms with Gasteiger partial charge in [0.1, 0.15) is 84.7 Å². The van der Waals surface area contributed by atoms with Crippen LogP contribution in [0.15, 0.2) is 30.3 Å². The molecule has 1 aliphatic carbocycles. The number of aromatic hydroxyl groups is 1. The van der Waals surface area contributed by atoms with Crippen molar-refractivity contribution in [1.82, 2.24) is 0 Å². The summed E-state index contributed by atoms with van der Waals surface area (Å²) in [5.41, 5.74) is -0.0341. The van der Waals surface area contributed by atoms with E-state index in [1.807, 2.05) is 0 Å². The molecule has 0 amide bonds. The lowest BCUT2D eigenvalue weighted by Crippen LogP contribution is -2.65. The van der Waals surface area contributed by atoms with Crippen molar-refractivity contribution in [3.05, 3.63) is 58.1 Å². The summed E-state index contributed by atoms with van der Waals surface area (Å²) in [5.74, 6) is -2.02. The van der Waals surface area contributed by atoms with Gasteiger partial charge < -0.3 is 84.6 Å². The van der Waals surface area contributed by atoms with Gasteiger partial charge in [-0.25, -0.2) is 0 Å². The number of ketones is 2. The average molecular weight is 741 g/mol. The Morgan fingerprint density at radius 3 is 1.90 bits per heavy atom. The topological polar surface area (TPSA) is 312 Å². The van der Waals surface area contributed by atoms with Crippen molar-refractivity contribution in [1.29, 1.82) is 0 Å². The van der Waals surface area contributed by atoms with E-state index in [0.29, 0.717) is 5.56 Å². The highest BCUT2D eigenvalue weighted by molar-refractivity contribution is 6.30. The Morgan fingerprint density at radius 2 is 1.23 bits per heavy atom. The molecule has 4 aliphatic rings. The third-order valence-corrected chi connectivity index (χ3v) is 9.53. The highest BCUT2D eigenvalue weighted by Crippen LogP contribution is 2.39. The van der Waals surface area contributed by atoms with Crippen molar-refractivity contribution < 1.29 is 94.2 Å². The average Bonchev–Trinajstić information content (AvgIpc) is 3.12. The SMILES string of the molecule is Cc1cc(O)c2c(c1)C(=O)c1cccc(O[C@@H]3O[C@H](CO[C@@H]4O[C@H](CO)[C@@H](O)[C@H](O[C@@H]5O[C@H](CO)[C@@H](O)[C@H](O)[C@H]5O)[C@H]4O)[C@@H](O)[C@H](O)[C@H]3O)c1C2=O. The fraction of sp³-hybridized carbons (Fsp3) is 0.576. The lowest BCUT2D eigenvalue weighted by molar-refractivity contribution is -0.364. The van der Waals surface area contributed by atoms with Crippen molar-refractivity contribution in [2.45, 2.75) is 99.0 Å². The summed E-state index contributed by atoms with van der Waals surface area (Å²) >= 11 is 0. The molecule has 19 heteroatoms. The first-order chi connectivity index (χ1) is 24.7. The molecule has 3 aliphatic heterocycles. The molecule has 11 N–H and O–H groups in total. The Morgan fingerprint density at radius 1 is 0.635 bits per heavy atom. The third kappa shape index (κ3) is 6.83. The maximum absolute atomic E-state index is 13.6. The van der Waals surface area contributed by atoms with Gasteiger partial charge in [0.05, 0.1) is 30.9 Å². The number of phenols is 1. The number of carbonyl (C=O) groups is 2. The van der Waals surface area contributed by atoms with Gasteiger partial charge in [0.2, 0.25) is 12.1 Å². The molecule has 3 fully saturated rings. The predicted molar refractivity (Wildman–Crippen MR) is 166 cm³/mol. The van der Waals surface area contributed by atoms with E-state index in [4.69, 9.17) is 28.4 Å². The molecule has 2 aromatic carbocycles. The van der Waals surface area contributed by atoms with Gasteiger partial charge in [0.15, 0.2) is 18.4 Å². The van der Waals surface area contributed by atoms with Crippen LogP contribution in [0.5, 0.6) is 11.5 Å². The van der Waals surface area contributed by atoms with E-state index in [0.717, 1.165) is 0 Å². The molecule has 19 nitrogen and oxygen atoms in total. The predicted octanol–water partition coefficient (Wildman–Crippen LogP) is -4.70. The van der Waals surface area contributed by atoms with E-state index in [9.17, 15) is 65.8 Å². The number of aliphatic hydroxyl groups excluding tert-OH is 10. The van der Waals surface area contributed by atoms with Gasteiger partial charge in [-0.05, 0) is 30.7 Å². The first-order valence-electron chi connectivity index (χ1n) is 16.3. The quantitative estimate of drug-likeness (QED) is 0.0982. The van der Waals surface area contributed by atoms with Crippen LogP contribution < -0.4 is 4.74 Å². The van der Waals surface area contributed by atoms with Crippen LogP contribution >= 0.6 is 0 Å². The molecule has 0 radical (unpaired) electrons. The molecule has 0 aromatic heterocycles. The molecular formula is C33H40O19. The summed E-state index contributed by atoms with van der Waals surface area (Å²) in [4.78, 5) is 26.9. The molecular weight excluding hydrogens is 700 g/mol. The minimum atomic E-state index is -1.93. The van der Waals surface area contributed by atoms with Crippen LogP contribution in [0.1, 0.15) is 37.4 Å². The molecule has 3 saturated heterocycles. The molecule has 0 spiro atoms. The number of aliphatic hydroxyl groups is 10. The Bertz CT molecular complexity index is 1630. The van der Waals surface area contributed by atoms with E-state index >= 15 is 0 Å². The number of fused-ring (bicyclic) bond motifs is 2. The molecule has 0 bridgehead atoms. The van der Waals surface area contributed by atoms with Crippen LogP contribution in [-0.2, 0) is 23.7 Å². The second-order valence-electron chi connectivity index (χ2n) is 13.0. The molecule has 0 saturated carbocycles. The zero-order valence-corrected chi connectivity index (χ0v) is 27.4. The second-order valence-corrected chi connectivity index (χ2v) is 13.0. The van der Waals surface area contributed by atoms with Crippen LogP contribution in [0.2, 0.25) is 0 Å². The monoisotopic (exact) mass is 740 g/mol. The molecule has 15 atom stereocenters. The number of hydrogen-bond donors (Lipinski definition) is 11. The first kappa shape index (κ1) is 38.5. The maximum Gasteiger partial charge on any atom is 0.229 e. The summed E-state index contributed by atoms with van der Waals surface area (Å²) < 4.78 is 33.4. The van der Waals surface area contributed by atoms with E-state index < -0.39 is 129 Å². The van der Waals surface area contributed by atoms with Crippen molar-refractivity contribution in [3.8, 4) is 11.5 Å². The second kappa shape index (κ2) is 15.3. The third-order valence-electron chi connectivity index (χ3n) is 9.53. The van der Waals surface area contributed by atoms with E-state index in [-0.39, 0.29) is 28.0 Å². The van der Waals surface area contributed by atoms with Gasteiger partial charge in [0.25, 0.3) is 0 Å². The molecule has 0 unspecified atom stereocenters. The lowest BCUT2D eigenvalue weighted by Gasteiger charge is -2.46. The largest absolute Gasteiger partial charge is 0.507 e. The number of carbonyl (C=O) groups excluding carboxylic acids is 2. The lowest BCUT2D eigenvalue weighted by atomic mass is 9.82. The summed E-state index contributed by atoms with van der Waals surface area (Å²) in [5, 5.41) is 114. The minimum absolute atomic E-state index is 0.0132. The maximum atomic E-state index is 13.6.